The molecule has 4 heteroatoms. The first-order valence-electron chi connectivity index (χ1n) is 11.4. The SMILES string of the molecule is COC(=O)[C@H](Cc1ccc(-c2ccccc2)cc1)NC(=O)C1c2ccccc2-c2ccccc21. The van der Waals surface area contributed by atoms with E-state index >= 15 is 0 Å². The van der Waals surface area contributed by atoms with Crippen molar-refractivity contribution >= 4 is 11.9 Å². The summed E-state index contributed by atoms with van der Waals surface area (Å²) in [7, 11) is 1.35. The Labute approximate surface area is 199 Å². The maximum Gasteiger partial charge on any atom is 0.328 e. The van der Waals surface area contributed by atoms with Crippen molar-refractivity contribution in [1.29, 1.82) is 0 Å². The molecule has 0 unspecified atom stereocenters. The maximum absolute atomic E-state index is 13.5. The summed E-state index contributed by atoms with van der Waals surface area (Å²) in [5, 5.41) is 2.97. The number of ether oxygens (including phenoxy) is 1. The minimum Gasteiger partial charge on any atom is -0.467 e. The van der Waals surface area contributed by atoms with Crippen molar-refractivity contribution in [3.63, 3.8) is 0 Å². The zero-order chi connectivity index (χ0) is 23.5. The van der Waals surface area contributed by atoms with Crippen LogP contribution in [0.15, 0.2) is 103 Å². The van der Waals surface area contributed by atoms with E-state index in [1.165, 1.54) is 7.11 Å². The van der Waals surface area contributed by atoms with E-state index in [9.17, 15) is 9.59 Å². The number of fused-ring (bicyclic) bond motifs is 3. The number of benzene rings is 4. The molecular formula is C30H25NO3. The summed E-state index contributed by atoms with van der Waals surface area (Å²) >= 11 is 0. The molecule has 0 heterocycles. The molecule has 0 bridgehead atoms. The molecule has 1 aliphatic carbocycles. The van der Waals surface area contributed by atoms with E-state index in [0.717, 1.165) is 38.9 Å². The lowest BCUT2D eigenvalue weighted by Crippen LogP contribution is -2.45. The second-order valence-electron chi connectivity index (χ2n) is 8.46. The Morgan fingerprint density at radius 1 is 0.735 bits per heavy atom. The van der Waals surface area contributed by atoms with E-state index in [0.29, 0.717) is 6.42 Å². The van der Waals surface area contributed by atoms with Gasteiger partial charge in [-0.3, -0.25) is 4.79 Å². The van der Waals surface area contributed by atoms with E-state index in [-0.39, 0.29) is 5.91 Å². The van der Waals surface area contributed by atoms with Gasteiger partial charge in [0.25, 0.3) is 0 Å². The van der Waals surface area contributed by atoms with Gasteiger partial charge in [0.05, 0.1) is 13.0 Å². The Balaban J connectivity index is 1.38. The number of hydrogen-bond donors (Lipinski definition) is 1. The van der Waals surface area contributed by atoms with E-state index < -0.39 is 17.9 Å². The van der Waals surface area contributed by atoms with Gasteiger partial charge in [-0.15, -0.1) is 0 Å². The number of amides is 1. The Morgan fingerprint density at radius 3 is 1.85 bits per heavy atom. The van der Waals surface area contributed by atoms with Crippen LogP contribution in [0.25, 0.3) is 22.3 Å². The molecule has 1 N–H and O–H groups in total. The van der Waals surface area contributed by atoms with Gasteiger partial charge in [0.1, 0.15) is 6.04 Å². The third kappa shape index (κ3) is 4.11. The normalized spacial score (nSPS) is 13.0. The van der Waals surface area contributed by atoms with Gasteiger partial charge >= 0.3 is 5.97 Å². The molecule has 0 saturated heterocycles. The fourth-order valence-electron chi connectivity index (χ4n) is 4.73. The van der Waals surface area contributed by atoms with Crippen molar-refractivity contribution in [3.05, 3.63) is 120 Å². The van der Waals surface area contributed by atoms with E-state index in [2.05, 4.69) is 17.4 Å². The Hall–Kier alpha value is -4.18. The van der Waals surface area contributed by atoms with Crippen molar-refractivity contribution in [2.45, 2.75) is 18.4 Å². The summed E-state index contributed by atoms with van der Waals surface area (Å²) in [4.78, 5) is 26.1. The molecule has 4 aromatic carbocycles. The molecule has 1 aliphatic rings. The van der Waals surface area contributed by atoms with Crippen LogP contribution in [-0.2, 0) is 20.7 Å². The molecule has 4 aromatic rings. The van der Waals surface area contributed by atoms with Gasteiger partial charge in [-0.25, -0.2) is 4.79 Å². The Kier molecular flexibility index (Phi) is 5.96. The lowest BCUT2D eigenvalue weighted by molar-refractivity contribution is -0.145. The predicted molar refractivity (Wildman–Crippen MR) is 133 cm³/mol. The fraction of sp³-hybridized carbons (Fsp3) is 0.133. The largest absolute Gasteiger partial charge is 0.467 e. The molecule has 0 fully saturated rings. The highest BCUT2D eigenvalue weighted by Crippen LogP contribution is 2.44. The summed E-state index contributed by atoms with van der Waals surface area (Å²) in [5.74, 6) is -1.12. The smallest absolute Gasteiger partial charge is 0.328 e. The summed E-state index contributed by atoms with van der Waals surface area (Å²) in [6.07, 6.45) is 0.351. The molecule has 0 saturated carbocycles. The van der Waals surface area contributed by atoms with Crippen molar-refractivity contribution in [2.75, 3.05) is 7.11 Å². The number of hydrogen-bond acceptors (Lipinski definition) is 3. The molecule has 0 aliphatic heterocycles. The fourth-order valence-corrected chi connectivity index (χ4v) is 4.73. The van der Waals surface area contributed by atoms with Crippen LogP contribution in [0.5, 0.6) is 0 Å². The number of methoxy groups -OCH3 is 1. The van der Waals surface area contributed by atoms with Gasteiger partial charge < -0.3 is 10.1 Å². The van der Waals surface area contributed by atoms with Crippen LogP contribution < -0.4 is 5.32 Å². The number of carbonyl (C=O) groups excluding carboxylic acids is 2. The van der Waals surface area contributed by atoms with Crippen LogP contribution in [0.2, 0.25) is 0 Å². The van der Waals surface area contributed by atoms with Gasteiger partial charge in [0.15, 0.2) is 0 Å². The van der Waals surface area contributed by atoms with E-state index in [4.69, 9.17) is 4.74 Å². The second kappa shape index (κ2) is 9.36. The quantitative estimate of drug-likeness (QED) is 0.405. The van der Waals surface area contributed by atoms with Gasteiger partial charge in [-0.2, -0.15) is 0 Å². The molecule has 34 heavy (non-hydrogen) atoms. The third-order valence-electron chi connectivity index (χ3n) is 6.40. The third-order valence-corrected chi connectivity index (χ3v) is 6.40. The number of rotatable bonds is 6. The summed E-state index contributed by atoms with van der Waals surface area (Å²) < 4.78 is 5.03. The minimum atomic E-state index is -0.778. The number of carbonyl (C=O) groups is 2. The first kappa shape index (κ1) is 21.7. The van der Waals surface area contributed by atoms with Crippen LogP contribution in [0.3, 0.4) is 0 Å². The monoisotopic (exact) mass is 447 g/mol. The van der Waals surface area contributed by atoms with Crippen LogP contribution in [0, 0.1) is 0 Å². The molecule has 1 atom stereocenters. The summed E-state index contributed by atoms with van der Waals surface area (Å²) in [6, 6.07) is 33.3. The highest BCUT2D eigenvalue weighted by Gasteiger charge is 2.35. The zero-order valence-corrected chi connectivity index (χ0v) is 18.9. The molecule has 0 radical (unpaired) electrons. The van der Waals surface area contributed by atoms with Crippen molar-refractivity contribution in [2.24, 2.45) is 0 Å². The topological polar surface area (TPSA) is 55.4 Å². The van der Waals surface area contributed by atoms with Gasteiger partial charge in [-0.05, 0) is 38.9 Å². The van der Waals surface area contributed by atoms with Gasteiger partial charge in [0, 0.05) is 6.42 Å². The van der Waals surface area contributed by atoms with Crippen LogP contribution in [-0.4, -0.2) is 25.0 Å². The molecule has 168 valence electrons. The van der Waals surface area contributed by atoms with Crippen molar-refractivity contribution in [3.8, 4) is 22.3 Å². The highest BCUT2D eigenvalue weighted by molar-refractivity contribution is 5.97. The predicted octanol–water partition coefficient (Wildman–Crippen LogP) is 5.37. The molecule has 1 amide bonds. The zero-order valence-electron chi connectivity index (χ0n) is 18.9. The molecule has 0 aromatic heterocycles. The lowest BCUT2D eigenvalue weighted by Gasteiger charge is -2.20. The van der Waals surface area contributed by atoms with E-state index in [1.807, 2.05) is 91.0 Å². The Bertz CT molecular complexity index is 1280. The van der Waals surface area contributed by atoms with E-state index in [1.54, 1.807) is 0 Å². The van der Waals surface area contributed by atoms with Crippen LogP contribution in [0.4, 0.5) is 0 Å². The van der Waals surface area contributed by atoms with Crippen LogP contribution in [0.1, 0.15) is 22.6 Å². The van der Waals surface area contributed by atoms with Gasteiger partial charge in [0.2, 0.25) is 5.91 Å². The van der Waals surface area contributed by atoms with Crippen LogP contribution >= 0.6 is 0 Å². The van der Waals surface area contributed by atoms with Crippen molar-refractivity contribution < 1.29 is 14.3 Å². The van der Waals surface area contributed by atoms with Gasteiger partial charge in [-0.1, -0.05) is 103 Å². The first-order valence-corrected chi connectivity index (χ1v) is 11.4. The average molecular weight is 448 g/mol. The Morgan fingerprint density at radius 2 is 1.26 bits per heavy atom. The minimum absolute atomic E-state index is 0.200. The molecular weight excluding hydrogens is 422 g/mol. The lowest BCUT2D eigenvalue weighted by atomic mass is 9.95. The average Bonchev–Trinajstić information content (AvgIpc) is 3.23. The second-order valence-corrected chi connectivity index (χ2v) is 8.46. The first-order chi connectivity index (χ1) is 16.7. The maximum atomic E-state index is 13.5. The number of esters is 1. The summed E-state index contributed by atoms with van der Waals surface area (Å²) in [5.41, 5.74) is 7.21. The molecule has 0 spiro atoms. The molecule has 5 rings (SSSR count). The number of nitrogens with one attached hydrogen (secondary N) is 1. The molecule has 4 nitrogen and oxygen atoms in total. The van der Waals surface area contributed by atoms with Crippen molar-refractivity contribution in [1.82, 2.24) is 5.32 Å². The summed E-state index contributed by atoms with van der Waals surface area (Å²) in [6.45, 7) is 0. The standard InChI is InChI=1S/C30H25NO3/c1-34-30(33)27(19-20-15-17-22(18-16-20)21-9-3-2-4-10-21)31-29(32)28-25-13-7-5-11-23(25)24-12-6-8-14-26(24)28/h2-18,27-28H,19H2,1H3,(H,31,32)/t27-/m0/s1. The highest BCUT2D eigenvalue weighted by atomic mass is 16.5.